The molecule has 0 aliphatic carbocycles. The summed E-state index contributed by atoms with van der Waals surface area (Å²) in [4.78, 5) is 33.3. The number of halogens is 1. The Kier molecular flexibility index (Phi) is 6.63. The second kappa shape index (κ2) is 9.48. The van der Waals surface area contributed by atoms with E-state index in [0.29, 0.717) is 34.4 Å². The normalized spacial score (nSPS) is 17.3. The summed E-state index contributed by atoms with van der Waals surface area (Å²) in [6, 6.07) is 10.9. The van der Waals surface area contributed by atoms with Gasteiger partial charge in [-0.3, -0.25) is 14.5 Å². The molecular weight excluding hydrogens is 476 g/mol. The van der Waals surface area contributed by atoms with E-state index in [2.05, 4.69) is 4.98 Å². The predicted octanol–water partition coefficient (Wildman–Crippen LogP) is 5.45. The largest absolute Gasteiger partial charge is 0.507 e. The molecular formula is C25H23ClN2O5S. The van der Waals surface area contributed by atoms with Crippen molar-refractivity contribution in [2.75, 3.05) is 18.6 Å². The van der Waals surface area contributed by atoms with Crippen molar-refractivity contribution in [2.45, 2.75) is 26.8 Å². The lowest BCUT2D eigenvalue weighted by Crippen LogP contribution is -2.29. The monoisotopic (exact) mass is 498 g/mol. The number of anilines is 1. The fourth-order valence-corrected chi connectivity index (χ4v) is 4.98. The topological polar surface area (TPSA) is 89.0 Å². The van der Waals surface area contributed by atoms with Crippen LogP contribution >= 0.6 is 22.9 Å². The van der Waals surface area contributed by atoms with Gasteiger partial charge in [0.1, 0.15) is 17.3 Å². The van der Waals surface area contributed by atoms with Gasteiger partial charge in [0, 0.05) is 10.4 Å². The lowest BCUT2D eigenvalue weighted by Gasteiger charge is -2.23. The van der Waals surface area contributed by atoms with Crippen LogP contribution in [0.15, 0.2) is 48.0 Å². The van der Waals surface area contributed by atoms with E-state index in [-0.39, 0.29) is 16.4 Å². The number of hydrogen-bond donors (Lipinski definition) is 1. The minimum atomic E-state index is -0.874. The van der Waals surface area contributed by atoms with E-state index in [1.165, 1.54) is 29.4 Å². The number of nitrogens with zero attached hydrogens (tertiary/aromatic N) is 2. The summed E-state index contributed by atoms with van der Waals surface area (Å²) in [5.41, 5.74) is 1.66. The third-order valence-corrected chi connectivity index (χ3v) is 6.97. The molecule has 0 unspecified atom stereocenters. The number of amides is 1. The van der Waals surface area contributed by atoms with Gasteiger partial charge >= 0.3 is 5.91 Å². The van der Waals surface area contributed by atoms with Crippen LogP contribution in [0, 0.1) is 13.8 Å². The third kappa shape index (κ3) is 4.15. The van der Waals surface area contributed by atoms with Crippen LogP contribution in [0.3, 0.4) is 0 Å². The zero-order chi connectivity index (χ0) is 24.6. The van der Waals surface area contributed by atoms with Gasteiger partial charge in [0.05, 0.1) is 36.0 Å². The number of benzene rings is 2. The first kappa shape index (κ1) is 23.8. The number of carbonyl (C=O) groups is 2. The summed E-state index contributed by atoms with van der Waals surface area (Å²) in [5.74, 6) is -0.793. The Morgan fingerprint density at radius 3 is 2.44 bits per heavy atom. The lowest BCUT2D eigenvalue weighted by atomic mass is 9.95. The van der Waals surface area contributed by atoms with Gasteiger partial charge in [-0.2, -0.15) is 0 Å². The molecule has 176 valence electrons. The SMILES string of the molecule is CCOc1ccc([C@H]2/C(=C(\O)c3ccc(OC)c(Cl)c3)C(=O)C(=O)N2c2nc(C)c(C)s2)cc1. The number of ketones is 1. The van der Waals surface area contributed by atoms with Crippen LogP contribution in [0.2, 0.25) is 5.02 Å². The number of aliphatic hydroxyl groups excluding tert-OH is 1. The molecule has 0 spiro atoms. The van der Waals surface area contributed by atoms with Gasteiger partial charge in [0.25, 0.3) is 5.78 Å². The number of ether oxygens (including phenoxy) is 2. The van der Waals surface area contributed by atoms with Gasteiger partial charge in [0.2, 0.25) is 0 Å². The Morgan fingerprint density at radius 1 is 1.18 bits per heavy atom. The molecule has 2 heterocycles. The molecule has 7 nitrogen and oxygen atoms in total. The molecule has 34 heavy (non-hydrogen) atoms. The molecule has 0 radical (unpaired) electrons. The molecule has 1 aliphatic rings. The number of Topliss-reactive ketones (excluding diaryl/α,β-unsaturated/α-hetero) is 1. The second-order valence-corrected chi connectivity index (χ2v) is 9.25. The van der Waals surface area contributed by atoms with Crippen molar-refractivity contribution < 1.29 is 24.2 Å². The van der Waals surface area contributed by atoms with Crippen molar-refractivity contribution in [1.82, 2.24) is 4.98 Å². The summed E-state index contributed by atoms with van der Waals surface area (Å²) < 4.78 is 10.7. The number of aliphatic hydroxyl groups is 1. The maximum atomic E-state index is 13.2. The van der Waals surface area contributed by atoms with Gasteiger partial charge in [-0.05, 0) is 56.7 Å². The minimum Gasteiger partial charge on any atom is -0.507 e. The molecule has 1 fully saturated rings. The lowest BCUT2D eigenvalue weighted by molar-refractivity contribution is -0.132. The van der Waals surface area contributed by atoms with Crippen LogP contribution < -0.4 is 14.4 Å². The predicted molar refractivity (Wildman–Crippen MR) is 132 cm³/mol. The molecule has 0 saturated carbocycles. The molecule has 9 heteroatoms. The first-order chi connectivity index (χ1) is 16.3. The summed E-state index contributed by atoms with van der Waals surface area (Å²) in [6.45, 7) is 6.14. The van der Waals surface area contributed by atoms with Crippen molar-refractivity contribution in [3.05, 3.63) is 74.8 Å². The highest BCUT2D eigenvalue weighted by Crippen LogP contribution is 2.44. The number of carbonyl (C=O) groups excluding carboxylic acids is 2. The molecule has 2 aromatic carbocycles. The average molecular weight is 499 g/mol. The highest BCUT2D eigenvalue weighted by Gasteiger charge is 2.48. The second-order valence-electron chi connectivity index (χ2n) is 7.66. The molecule has 1 N–H and O–H groups in total. The van der Waals surface area contributed by atoms with Gasteiger partial charge in [-0.15, -0.1) is 11.3 Å². The van der Waals surface area contributed by atoms with E-state index >= 15 is 0 Å². The molecule has 1 saturated heterocycles. The standard InChI is InChI=1S/C25H23ClN2O5S/c1-5-33-17-9-6-15(7-10-17)21-20(22(29)16-8-11-19(32-4)18(26)12-16)23(30)24(31)28(21)25-27-13(2)14(3)34-25/h6-12,21,29H,5H2,1-4H3/b22-20+/t21-/m0/s1. The number of aromatic nitrogens is 1. The van der Waals surface area contributed by atoms with E-state index in [0.717, 1.165) is 10.6 Å². The Balaban J connectivity index is 1.91. The van der Waals surface area contributed by atoms with Crippen molar-refractivity contribution in [3.63, 3.8) is 0 Å². The number of hydrogen-bond acceptors (Lipinski definition) is 7. The zero-order valence-corrected chi connectivity index (χ0v) is 20.7. The number of thiazole rings is 1. The van der Waals surface area contributed by atoms with Gasteiger partial charge in [-0.1, -0.05) is 23.7 Å². The number of aryl methyl sites for hydroxylation is 2. The first-order valence-electron chi connectivity index (χ1n) is 10.6. The fourth-order valence-electron chi connectivity index (χ4n) is 3.79. The highest BCUT2D eigenvalue weighted by atomic mass is 35.5. The maximum absolute atomic E-state index is 13.2. The Bertz CT molecular complexity index is 1280. The molecule has 1 amide bonds. The van der Waals surface area contributed by atoms with Crippen LogP contribution in [-0.2, 0) is 9.59 Å². The van der Waals surface area contributed by atoms with Crippen LogP contribution in [0.4, 0.5) is 5.13 Å². The smallest absolute Gasteiger partial charge is 0.301 e. The molecule has 1 aliphatic heterocycles. The number of rotatable bonds is 6. The van der Waals surface area contributed by atoms with Crippen molar-refractivity contribution in [1.29, 1.82) is 0 Å². The highest BCUT2D eigenvalue weighted by molar-refractivity contribution is 7.16. The Morgan fingerprint density at radius 2 is 1.88 bits per heavy atom. The van der Waals surface area contributed by atoms with Crippen LogP contribution in [0.1, 0.15) is 34.7 Å². The van der Waals surface area contributed by atoms with Gasteiger partial charge < -0.3 is 14.6 Å². The van der Waals surface area contributed by atoms with E-state index in [9.17, 15) is 14.7 Å². The Hall–Kier alpha value is -3.36. The summed E-state index contributed by atoms with van der Waals surface area (Å²) in [6.07, 6.45) is 0. The fraction of sp³-hybridized carbons (Fsp3) is 0.240. The quantitative estimate of drug-likeness (QED) is 0.276. The van der Waals surface area contributed by atoms with E-state index < -0.39 is 17.7 Å². The van der Waals surface area contributed by atoms with Gasteiger partial charge in [0.15, 0.2) is 5.13 Å². The van der Waals surface area contributed by atoms with Crippen molar-refractivity contribution in [3.8, 4) is 11.5 Å². The molecule has 4 rings (SSSR count). The number of methoxy groups -OCH3 is 1. The molecule has 3 aromatic rings. The maximum Gasteiger partial charge on any atom is 0.301 e. The third-order valence-electron chi connectivity index (χ3n) is 5.60. The molecule has 0 bridgehead atoms. The van der Waals surface area contributed by atoms with E-state index in [4.69, 9.17) is 21.1 Å². The zero-order valence-electron chi connectivity index (χ0n) is 19.1. The summed E-state index contributed by atoms with van der Waals surface area (Å²) in [7, 11) is 1.48. The van der Waals surface area contributed by atoms with Crippen LogP contribution in [0.25, 0.3) is 5.76 Å². The first-order valence-corrected chi connectivity index (χ1v) is 11.8. The van der Waals surface area contributed by atoms with E-state index in [1.807, 2.05) is 20.8 Å². The average Bonchev–Trinajstić information content (AvgIpc) is 3.29. The molecule has 1 atom stereocenters. The minimum absolute atomic E-state index is 0.0408. The van der Waals surface area contributed by atoms with Gasteiger partial charge in [-0.25, -0.2) is 4.98 Å². The summed E-state index contributed by atoms with van der Waals surface area (Å²) in [5, 5.41) is 11.9. The van der Waals surface area contributed by atoms with Crippen LogP contribution in [-0.4, -0.2) is 35.5 Å². The van der Waals surface area contributed by atoms with Crippen molar-refractivity contribution >= 4 is 45.5 Å². The van der Waals surface area contributed by atoms with Crippen LogP contribution in [0.5, 0.6) is 11.5 Å². The Labute approximate surface area is 206 Å². The molecule has 1 aromatic heterocycles. The van der Waals surface area contributed by atoms with Crippen molar-refractivity contribution in [2.24, 2.45) is 0 Å². The van der Waals surface area contributed by atoms with E-state index in [1.54, 1.807) is 36.4 Å². The summed E-state index contributed by atoms with van der Waals surface area (Å²) >= 11 is 7.57.